The molecule has 1 aliphatic heterocycles. The summed E-state index contributed by atoms with van der Waals surface area (Å²) in [5.41, 5.74) is 0. The molecule has 0 aliphatic carbocycles. The Hall–Kier alpha value is -0.240. The molecule has 0 amide bonds. The van der Waals surface area contributed by atoms with Crippen molar-refractivity contribution in [3.05, 3.63) is 0 Å². The quantitative estimate of drug-likeness (QED) is 0.363. The van der Waals surface area contributed by atoms with Crippen LogP contribution in [0.15, 0.2) is 0 Å². The number of unbranched alkanes of at least 4 members (excludes halogenated alkanes) is 3. The lowest BCUT2D eigenvalue weighted by Crippen LogP contribution is -2.60. The van der Waals surface area contributed by atoms with Gasteiger partial charge in [0, 0.05) is 19.2 Å². The van der Waals surface area contributed by atoms with Crippen molar-refractivity contribution in [2.45, 2.75) is 69.5 Å². The summed E-state index contributed by atoms with van der Waals surface area (Å²) in [4.78, 5) is 0. The van der Waals surface area contributed by atoms with Crippen LogP contribution in [0.3, 0.4) is 0 Å². The first-order valence-corrected chi connectivity index (χ1v) is 7.59. The monoisotopic (exact) mass is 291 g/mol. The van der Waals surface area contributed by atoms with E-state index >= 15 is 0 Å². The van der Waals surface area contributed by atoms with E-state index in [4.69, 9.17) is 4.74 Å². The highest BCUT2D eigenvalue weighted by atomic mass is 16.5. The van der Waals surface area contributed by atoms with Crippen molar-refractivity contribution < 1.29 is 25.2 Å². The molecule has 0 bridgehead atoms. The maximum Gasteiger partial charge on any atom is 0.108 e. The fourth-order valence-electron chi connectivity index (χ4n) is 2.41. The largest absolute Gasteiger partial charge is 0.391 e. The Balaban J connectivity index is 2.14. The van der Waals surface area contributed by atoms with Gasteiger partial charge in [0.1, 0.15) is 6.10 Å². The fraction of sp³-hybridized carbons (Fsp3) is 1.00. The molecule has 1 saturated heterocycles. The lowest BCUT2D eigenvalue weighted by molar-refractivity contribution is -0.102. The van der Waals surface area contributed by atoms with Gasteiger partial charge >= 0.3 is 0 Å². The third-order valence-electron chi connectivity index (χ3n) is 3.72. The summed E-state index contributed by atoms with van der Waals surface area (Å²) in [5.74, 6) is 0. The molecule has 6 heteroatoms. The Morgan fingerprint density at radius 2 is 1.90 bits per heavy atom. The third kappa shape index (κ3) is 6.03. The predicted molar refractivity (Wildman–Crippen MR) is 75.4 cm³/mol. The van der Waals surface area contributed by atoms with Gasteiger partial charge in [-0.2, -0.15) is 0 Å². The van der Waals surface area contributed by atoms with E-state index in [1.165, 1.54) is 12.8 Å². The van der Waals surface area contributed by atoms with E-state index in [-0.39, 0.29) is 13.2 Å². The van der Waals surface area contributed by atoms with Gasteiger partial charge in [0.25, 0.3) is 0 Å². The first-order valence-electron chi connectivity index (χ1n) is 7.59. The Bertz CT molecular complexity index is 254. The number of nitrogens with one attached hydrogen (secondary N) is 1. The van der Waals surface area contributed by atoms with Crippen LogP contribution in [0.1, 0.15) is 39.0 Å². The molecule has 1 fully saturated rings. The lowest BCUT2D eigenvalue weighted by atomic mass is 9.92. The molecule has 20 heavy (non-hydrogen) atoms. The second-order valence-corrected chi connectivity index (χ2v) is 5.59. The molecule has 1 rings (SSSR count). The van der Waals surface area contributed by atoms with Gasteiger partial charge in [-0.15, -0.1) is 0 Å². The summed E-state index contributed by atoms with van der Waals surface area (Å²) >= 11 is 0. The Kier molecular flexibility index (Phi) is 8.60. The summed E-state index contributed by atoms with van der Waals surface area (Å²) in [7, 11) is 0. The fourth-order valence-corrected chi connectivity index (χ4v) is 2.41. The first kappa shape index (κ1) is 17.8. The van der Waals surface area contributed by atoms with Crippen LogP contribution in [0.2, 0.25) is 0 Å². The van der Waals surface area contributed by atoms with Gasteiger partial charge < -0.3 is 30.5 Å². The summed E-state index contributed by atoms with van der Waals surface area (Å²) < 4.78 is 5.40. The first-order chi connectivity index (χ1) is 9.56. The summed E-state index contributed by atoms with van der Waals surface area (Å²) in [6.07, 6.45) is 0.923. The summed E-state index contributed by atoms with van der Waals surface area (Å²) in [6, 6.07) is -0.424. The van der Waals surface area contributed by atoms with Gasteiger partial charge in [-0.25, -0.2) is 0 Å². The van der Waals surface area contributed by atoms with Crippen molar-refractivity contribution in [1.82, 2.24) is 5.32 Å². The number of hydrogen-bond donors (Lipinski definition) is 5. The molecule has 0 unspecified atom stereocenters. The van der Waals surface area contributed by atoms with Gasteiger partial charge in [0.15, 0.2) is 0 Å². The van der Waals surface area contributed by atoms with Gasteiger partial charge in [0.05, 0.1) is 24.9 Å². The Labute approximate surface area is 120 Å². The standard InChI is InChI=1S/C14H29NO5/c1-2-3-4-5-6-20-9-10(16)7-11-13(18)14(19)12(17)8-15-11/h10-19H,2-9H2,1H3/t10-,11+,12+,13-,14-/m0/s1. The maximum atomic E-state index is 9.85. The van der Waals surface area contributed by atoms with E-state index in [0.29, 0.717) is 13.0 Å². The zero-order valence-corrected chi connectivity index (χ0v) is 12.2. The molecular formula is C14H29NO5. The highest BCUT2D eigenvalue weighted by Crippen LogP contribution is 2.15. The molecule has 0 aromatic carbocycles. The zero-order chi connectivity index (χ0) is 15.0. The molecule has 1 aliphatic rings. The van der Waals surface area contributed by atoms with Crippen molar-refractivity contribution in [2.75, 3.05) is 19.8 Å². The minimum Gasteiger partial charge on any atom is -0.391 e. The van der Waals surface area contributed by atoms with Crippen molar-refractivity contribution in [1.29, 1.82) is 0 Å². The number of hydrogen-bond acceptors (Lipinski definition) is 6. The lowest BCUT2D eigenvalue weighted by Gasteiger charge is -2.37. The molecule has 0 saturated carbocycles. The van der Waals surface area contributed by atoms with Gasteiger partial charge in [-0.1, -0.05) is 26.2 Å². The minimum atomic E-state index is -1.16. The number of ether oxygens (including phenoxy) is 1. The Morgan fingerprint density at radius 3 is 2.60 bits per heavy atom. The number of piperidine rings is 1. The van der Waals surface area contributed by atoms with Crippen molar-refractivity contribution in [3.8, 4) is 0 Å². The van der Waals surface area contributed by atoms with Gasteiger partial charge in [-0.3, -0.25) is 0 Å². The smallest absolute Gasteiger partial charge is 0.108 e. The second-order valence-electron chi connectivity index (χ2n) is 5.59. The highest BCUT2D eigenvalue weighted by molar-refractivity contribution is 4.92. The van der Waals surface area contributed by atoms with Crippen molar-refractivity contribution in [2.24, 2.45) is 0 Å². The molecule has 0 aromatic heterocycles. The van der Waals surface area contributed by atoms with Crippen molar-refractivity contribution >= 4 is 0 Å². The van der Waals surface area contributed by atoms with E-state index in [2.05, 4.69) is 12.2 Å². The van der Waals surface area contributed by atoms with Crippen molar-refractivity contribution in [3.63, 3.8) is 0 Å². The molecule has 0 aromatic rings. The van der Waals surface area contributed by atoms with E-state index in [1.807, 2.05) is 0 Å². The van der Waals surface area contributed by atoms with Crippen LogP contribution in [0.4, 0.5) is 0 Å². The van der Waals surface area contributed by atoms with Crippen LogP contribution in [0.25, 0.3) is 0 Å². The maximum absolute atomic E-state index is 9.85. The average Bonchev–Trinajstić information content (AvgIpc) is 2.43. The highest BCUT2D eigenvalue weighted by Gasteiger charge is 2.36. The number of aliphatic hydroxyl groups excluding tert-OH is 4. The van der Waals surface area contributed by atoms with E-state index in [1.54, 1.807) is 0 Å². The summed E-state index contributed by atoms with van der Waals surface area (Å²) in [5, 5.41) is 41.5. The Morgan fingerprint density at radius 1 is 1.15 bits per heavy atom. The van der Waals surface area contributed by atoms with E-state index in [9.17, 15) is 20.4 Å². The molecule has 120 valence electrons. The zero-order valence-electron chi connectivity index (χ0n) is 12.2. The molecule has 5 N–H and O–H groups in total. The predicted octanol–water partition coefficient (Wildman–Crippen LogP) is -0.611. The van der Waals surface area contributed by atoms with Crippen LogP contribution in [0, 0.1) is 0 Å². The van der Waals surface area contributed by atoms with E-state index < -0.39 is 30.5 Å². The molecule has 1 heterocycles. The summed E-state index contributed by atoms with van der Waals surface area (Å²) in [6.45, 7) is 3.24. The second kappa shape index (κ2) is 9.65. The molecular weight excluding hydrogens is 262 g/mol. The molecule has 0 radical (unpaired) electrons. The molecule has 6 nitrogen and oxygen atoms in total. The van der Waals surface area contributed by atoms with Crippen LogP contribution >= 0.6 is 0 Å². The van der Waals surface area contributed by atoms with Crippen LogP contribution in [-0.4, -0.2) is 70.6 Å². The van der Waals surface area contributed by atoms with Gasteiger partial charge in [0.2, 0.25) is 0 Å². The molecule has 5 atom stereocenters. The van der Waals surface area contributed by atoms with Crippen LogP contribution < -0.4 is 5.32 Å². The average molecular weight is 291 g/mol. The topological polar surface area (TPSA) is 102 Å². The van der Waals surface area contributed by atoms with Crippen LogP contribution in [0.5, 0.6) is 0 Å². The number of β-amino-alcohol motifs (C(OH)–C–C–N with tert-alkyl or cyclic N) is 1. The van der Waals surface area contributed by atoms with E-state index in [0.717, 1.165) is 12.8 Å². The SMILES string of the molecule is CCCCCCOC[C@@H](O)C[C@H]1NC[C@@H](O)[C@H](O)[C@H]1O. The minimum absolute atomic E-state index is 0.216. The number of rotatable bonds is 9. The molecule has 0 spiro atoms. The number of aliphatic hydroxyl groups is 4. The normalized spacial score (nSPS) is 32.2. The van der Waals surface area contributed by atoms with Gasteiger partial charge in [-0.05, 0) is 12.8 Å². The van der Waals surface area contributed by atoms with Crippen LogP contribution in [-0.2, 0) is 4.74 Å². The third-order valence-corrected chi connectivity index (χ3v) is 3.72.